The molecule has 1 unspecified atom stereocenters. The molecule has 0 saturated heterocycles. The third-order valence-electron chi connectivity index (χ3n) is 3.22. The Morgan fingerprint density at radius 2 is 2.20 bits per heavy atom. The SMILES string of the molecule is CCNC(Cc1ncnn1C(C)C)c1scc(C)c1Cl. The first kappa shape index (κ1) is 15.5. The van der Waals surface area contributed by atoms with E-state index in [1.165, 1.54) is 4.88 Å². The summed E-state index contributed by atoms with van der Waals surface area (Å²) < 4.78 is 1.97. The molecule has 0 amide bonds. The fraction of sp³-hybridized carbons (Fsp3) is 0.571. The van der Waals surface area contributed by atoms with Gasteiger partial charge in [-0.05, 0) is 38.3 Å². The number of nitrogens with one attached hydrogen (secondary N) is 1. The summed E-state index contributed by atoms with van der Waals surface area (Å²) in [5.41, 5.74) is 1.14. The summed E-state index contributed by atoms with van der Waals surface area (Å²) in [5, 5.41) is 10.8. The van der Waals surface area contributed by atoms with Crippen molar-refractivity contribution in [3.63, 3.8) is 0 Å². The van der Waals surface area contributed by atoms with Gasteiger partial charge >= 0.3 is 0 Å². The van der Waals surface area contributed by atoms with Crippen molar-refractivity contribution in [1.29, 1.82) is 0 Å². The zero-order valence-electron chi connectivity index (χ0n) is 12.4. The molecule has 4 nitrogen and oxygen atoms in total. The maximum absolute atomic E-state index is 6.41. The average Bonchev–Trinajstić information content (AvgIpc) is 2.98. The van der Waals surface area contributed by atoms with Crippen LogP contribution in [0.2, 0.25) is 5.02 Å². The molecule has 0 spiro atoms. The maximum Gasteiger partial charge on any atom is 0.138 e. The molecule has 0 aliphatic carbocycles. The maximum atomic E-state index is 6.41. The molecule has 0 fully saturated rings. The highest BCUT2D eigenvalue weighted by Crippen LogP contribution is 2.33. The number of halogens is 1. The smallest absolute Gasteiger partial charge is 0.138 e. The third kappa shape index (κ3) is 3.22. The molecule has 110 valence electrons. The van der Waals surface area contributed by atoms with Gasteiger partial charge in [0.2, 0.25) is 0 Å². The van der Waals surface area contributed by atoms with E-state index in [-0.39, 0.29) is 6.04 Å². The number of hydrogen-bond acceptors (Lipinski definition) is 4. The minimum atomic E-state index is 0.188. The van der Waals surface area contributed by atoms with Crippen LogP contribution in [0.4, 0.5) is 0 Å². The number of aromatic nitrogens is 3. The van der Waals surface area contributed by atoms with E-state index in [0.29, 0.717) is 6.04 Å². The first-order valence-corrected chi connectivity index (χ1v) is 8.15. The van der Waals surface area contributed by atoms with Gasteiger partial charge in [-0.25, -0.2) is 9.67 Å². The number of likely N-dealkylation sites (N-methyl/N-ethyl adjacent to an activating group) is 1. The minimum absolute atomic E-state index is 0.188. The fourth-order valence-electron chi connectivity index (χ4n) is 2.22. The second kappa shape index (κ2) is 6.70. The van der Waals surface area contributed by atoms with Crippen LogP contribution < -0.4 is 5.32 Å². The van der Waals surface area contributed by atoms with E-state index < -0.39 is 0 Å². The van der Waals surface area contributed by atoms with E-state index in [0.717, 1.165) is 29.4 Å². The molecule has 1 atom stereocenters. The molecule has 0 aliphatic rings. The van der Waals surface area contributed by atoms with Crippen LogP contribution in [0.5, 0.6) is 0 Å². The predicted molar refractivity (Wildman–Crippen MR) is 84.6 cm³/mol. The van der Waals surface area contributed by atoms with E-state index in [9.17, 15) is 0 Å². The van der Waals surface area contributed by atoms with Gasteiger partial charge in [-0.15, -0.1) is 11.3 Å². The van der Waals surface area contributed by atoms with Crippen LogP contribution in [0.25, 0.3) is 0 Å². The number of thiophene rings is 1. The van der Waals surface area contributed by atoms with Crippen molar-refractivity contribution in [3.8, 4) is 0 Å². The topological polar surface area (TPSA) is 42.7 Å². The van der Waals surface area contributed by atoms with Gasteiger partial charge in [0.05, 0.1) is 11.1 Å². The molecule has 20 heavy (non-hydrogen) atoms. The second-order valence-electron chi connectivity index (χ2n) is 5.13. The summed E-state index contributed by atoms with van der Waals surface area (Å²) in [4.78, 5) is 5.58. The van der Waals surface area contributed by atoms with Gasteiger partial charge in [0.25, 0.3) is 0 Å². The quantitative estimate of drug-likeness (QED) is 0.882. The summed E-state index contributed by atoms with van der Waals surface area (Å²) in [5.74, 6) is 0.994. The lowest BCUT2D eigenvalue weighted by Gasteiger charge is -2.18. The van der Waals surface area contributed by atoms with Crippen LogP contribution in [0.1, 0.15) is 49.1 Å². The minimum Gasteiger partial charge on any atom is -0.309 e. The van der Waals surface area contributed by atoms with Gasteiger partial charge in [-0.1, -0.05) is 18.5 Å². The van der Waals surface area contributed by atoms with Crippen LogP contribution in [0, 0.1) is 6.92 Å². The van der Waals surface area contributed by atoms with Crippen LogP contribution in [0.3, 0.4) is 0 Å². The van der Waals surface area contributed by atoms with Gasteiger partial charge < -0.3 is 5.32 Å². The number of hydrogen-bond donors (Lipinski definition) is 1. The summed E-state index contributed by atoms with van der Waals surface area (Å²) >= 11 is 8.12. The van der Waals surface area contributed by atoms with E-state index in [1.807, 2.05) is 11.6 Å². The van der Waals surface area contributed by atoms with Crippen LogP contribution >= 0.6 is 22.9 Å². The summed E-state index contributed by atoms with van der Waals surface area (Å²) in [6.07, 6.45) is 2.42. The van der Waals surface area contributed by atoms with Gasteiger partial charge in [-0.3, -0.25) is 0 Å². The molecule has 0 saturated carbocycles. The monoisotopic (exact) mass is 312 g/mol. The van der Waals surface area contributed by atoms with E-state index in [1.54, 1.807) is 17.7 Å². The molecule has 0 bridgehead atoms. The van der Waals surface area contributed by atoms with E-state index in [4.69, 9.17) is 11.6 Å². The molecule has 1 N–H and O–H groups in total. The normalized spacial score (nSPS) is 13.1. The Labute approximate surface area is 129 Å². The van der Waals surface area contributed by atoms with Crippen molar-refractivity contribution in [3.05, 3.63) is 33.0 Å². The zero-order valence-corrected chi connectivity index (χ0v) is 13.9. The molecule has 2 heterocycles. The number of rotatable bonds is 6. The molecule has 0 aliphatic heterocycles. The van der Waals surface area contributed by atoms with Crippen molar-refractivity contribution in [1.82, 2.24) is 20.1 Å². The lowest BCUT2D eigenvalue weighted by molar-refractivity contribution is 0.471. The molecule has 6 heteroatoms. The Morgan fingerprint density at radius 1 is 1.45 bits per heavy atom. The Balaban J connectivity index is 2.26. The Kier molecular flexibility index (Phi) is 5.18. The number of nitrogens with zero attached hydrogens (tertiary/aromatic N) is 3. The first-order chi connectivity index (χ1) is 9.54. The lowest BCUT2D eigenvalue weighted by Crippen LogP contribution is -2.24. The summed E-state index contributed by atoms with van der Waals surface area (Å²) in [6.45, 7) is 9.27. The fourth-order valence-corrected chi connectivity index (χ4v) is 3.62. The summed E-state index contributed by atoms with van der Waals surface area (Å²) in [6, 6.07) is 0.503. The number of aryl methyl sites for hydroxylation is 1. The van der Waals surface area contributed by atoms with Gasteiger partial charge in [0, 0.05) is 17.3 Å². The predicted octanol–water partition coefficient (Wildman–Crippen LogP) is 3.78. The largest absolute Gasteiger partial charge is 0.309 e. The van der Waals surface area contributed by atoms with E-state index in [2.05, 4.69) is 41.6 Å². The molecule has 2 aromatic heterocycles. The van der Waals surface area contributed by atoms with Crippen LogP contribution in [-0.4, -0.2) is 21.3 Å². The highest BCUT2D eigenvalue weighted by atomic mass is 35.5. The second-order valence-corrected chi connectivity index (χ2v) is 6.42. The Hall–Kier alpha value is -0.910. The van der Waals surface area contributed by atoms with E-state index >= 15 is 0 Å². The Morgan fingerprint density at radius 3 is 2.75 bits per heavy atom. The molecular weight excluding hydrogens is 292 g/mol. The average molecular weight is 313 g/mol. The van der Waals surface area contributed by atoms with Crippen molar-refractivity contribution >= 4 is 22.9 Å². The zero-order chi connectivity index (χ0) is 14.7. The summed E-state index contributed by atoms with van der Waals surface area (Å²) in [7, 11) is 0. The standard InChI is InChI=1S/C14H21ClN4S/c1-5-16-11(14-13(15)10(4)7-20-14)6-12-17-8-18-19(12)9(2)3/h7-9,11,16H,5-6H2,1-4H3. The molecule has 0 radical (unpaired) electrons. The van der Waals surface area contributed by atoms with Gasteiger partial charge in [0.1, 0.15) is 12.2 Å². The third-order valence-corrected chi connectivity index (χ3v) is 5.04. The molecule has 0 aromatic carbocycles. The highest BCUT2D eigenvalue weighted by Gasteiger charge is 2.20. The molecule has 2 aromatic rings. The highest BCUT2D eigenvalue weighted by molar-refractivity contribution is 7.10. The Bertz CT molecular complexity index is 561. The first-order valence-electron chi connectivity index (χ1n) is 6.89. The van der Waals surface area contributed by atoms with Gasteiger partial charge in [0.15, 0.2) is 0 Å². The van der Waals surface area contributed by atoms with Crippen molar-refractivity contribution in [2.24, 2.45) is 0 Å². The van der Waals surface area contributed by atoms with Crippen LogP contribution in [-0.2, 0) is 6.42 Å². The van der Waals surface area contributed by atoms with Crippen molar-refractivity contribution in [2.75, 3.05) is 6.54 Å². The van der Waals surface area contributed by atoms with Gasteiger partial charge in [-0.2, -0.15) is 5.10 Å². The lowest BCUT2D eigenvalue weighted by atomic mass is 10.1. The van der Waals surface area contributed by atoms with Crippen molar-refractivity contribution in [2.45, 2.75) is 46.2 Å². The molecular formula is C14H21ClN4S. The van der Waals surface area contributed by atoms with Crippen molar-refractivity contribution < 1.29 is 0 Å². The molecule has 2 rings (SSSR count). The van der Waals surface area contributed by atoms with Crippen LogP contribution in [0.15, 0.2) is 11.7 Å².